The van der Waals surface area contributed by atoms with E-state index in [2.05, 4.69) is 33.3 Å². The Morgan fingerprint density at radius 3 is 2.50 bits per heavy atom. The number of hydrogen-bond donors (Lipinski definition) is 1. The molecule has 0 saturated heterocycles. The molecule has 0 bridgehead atoms. The average molecular weight is 344 g/mol. The molecule has 20 heavy (non-hydrogen) atoms. The standard InChI is InChI=1S/C14H16BrF2N3/c1-3-4-20-14(12(15)8-19-20)13(18-2)9-5-10(16)7-11(17)6-9/h5-8,13,18H,3-4H2,1-2H3. The van der Waals surface area contributed by atoms with Crippen molar-refractivity contribution in [2.24, 2.45) is 0 Å². The highest BCUT2D eigenvalue weighted by Crippen LogP contribution is 2.29. The summed E-state index contributed by atoms with van der Waals surface area (Å²) in [6, 6.07) is 3.21. The zero-order valence-electron chi connectivity index (χ0n) is 11.3. The zero-order chi connectivity index (χ0) is 14.7. The highest BCUT2D eigenvalue weighted by atomic mass is 79.9. The van der Waals surface area contributed by atoms with E-state index in [4.69, 9.17) is 0 Å². The molecule has 6 heteroatoms. The fourth-order valence-corrected chi connectivity index (χ4v) is 2.78. The van der Waals surface area contributed by atoms with Crippen molar-refractivity contribution < 1.29 is 8.78 Å². The highest BCUT2D eigenvalue weighted by molar-refractivity contribution is 9.10. The lowest BCUT2D eigenvalue weighted by Gasteiger charge is -2.19. The maximum atomic E-state index is 13.4. The second-order valence-corrected chi connectivity index (χ2v) is 5.38. The van der Waals surface area contributed by atoms with E-state index in [0.29, 0.717) is 5.56 Å². The van der Waals surface area contributed by atoms with Gasteiger partial charge in [0, 0.05) is 12.6 Å². The summed E-state index contributed by atoms with van der Waals surface area (Å²) in [6.45, 7) is 2.80. The van der Waals surface area contributed by atoms with Crippen LogP contribution >= 0.6 is 15.9 Å². The Morgan fingerprint density at radius 2 is 1.95 bits per heavy atom. The summed E-state index contributed by atoms with van der Waals surface area (Å²) in [4.78, 5) is 0. The zero-order valence-corrected chi connectivity index (χ0v) is 12.9. The van der Waals surface area contributed by atoms with Crippen LogP contribution in [0.1, 0.15) is 30.6 Å². The van der Waals surface area contributed by atoms with Gasteiger partial charge >= 0.3 is 0 Å². The van der Waals surface area contributed by atoms with Gasteiger partial charge in [-0.3, -0.25) is 4.68 Å². The van der Waals surface area contributed by atoms with E-state index < -0.39 is 11.6 Å². The largest absolute Gasteiger partial charge is 0.308 e. The average Bonchev–Trinajstić information content (AvgIpc) is 2.72. The van der Waals surface area contributed by atoms with Crippen molar-refractivity contribution in [3.8, 4) is 0 Å². The number of nitrogens with zero attached hydrogens (tertiary/aromatic N) is 2. The maximum absolute atomic E-state index is 13.4. The van der Waals surface area contributed by atoms with E-state index in [9.17, 15) is 8.78 Å². The van der Waals surface area contributed by atoms with Crippen molar-refractivity contribution in [1.29, 1.82) is 0 Å². The van der Waals surface area contributed by atoms with Crippen LogP contribution in [0.5, 0.6) is 0 Å². The van der Waals surface area contributed by atoms with Gasteiger partial charge in [0.2, 0.25) is 0 Å². The van der Waals surface area contributed by atoms with Gasteiger partial charge in [-0.2, -0.15) is 5.10 Å². The molecule has 1 heterocycles. The molecule has 1 aromatic heterocycles. The fourth-order valence-electron chi connectivity index (χ4n) is 2.25. The molecule has 0 spiro atoms. The fraction of sp³-hybridized carbons (Fsp3) is 0.357. The van der Waals surface area contributed by atoms with Crippen LogP contribution < -0.4 is 5.32 Å². The van der Waals surface area contributed by atoms with Crippen LogP contribution in [0.4, 0.5) is 8.78 Å². The Kier molecular flexibility index (Phi) is 4.88. The predicted octanol–water partition coefficient (Wildman–Crippen LogP) is 3.64. The molecule has 0 saturated carbocycles. The van der Waals surface area contributed by atoms with Gasteiger partial charge in [-0.25, -0.2) is 8.78 Å². The Morgan fingerprint density at radius 1 is 1.30 bits per heavy atom. The summed E-state index contributed by atoms with van der Waals surface area (Å²) in [5.41, 5.74) is 1.39. The number of aromatic nitrogens is 2. The molecular weight excluding hydrogens is 328 g/mol. The Hall–Kier alpha value is -1.27. The van der Waals surface area contributed by atoms with Crippen LogP contribution in [0.2, 0.25) is 0 Å². The van der Waals surface area contributed by atoms with Crippen LogP contribution in [0, 0.1) is 11.6 Å². The van der Waals surface area contributed by atoms with Crippen molar-refractivity contribution >= 4 is 15.9 Å². The second-order valence-electron chi connectivity index (χ2n) is 4.53. The van der Waals surface area contributed by atoms with Crippen LogP contribution in [-0.2, 0) is 6.54 Å². The molecule has 0 amide bonds. The SMILES string of the molecule is CCCn1ncc(Br)c1C(NC)c1cc(F)cc(F)c1. The number of hydrogen-bond acceptors (Lipinski definition) is 2. The van der Waals surface area contributed by atoms with Gasteiger partial charge in [0.15, 0.2) is 0 Å². The second kappa shape index (κ2) is 6.45. The van der Waals surface area contributed by atoms with Crippen molar-refractivity contribution in [2.45, 2.75) is 25.9 Å². The number of halogens is 3. The lowest BCUT2D eigenvalue weighted by atomic mass is 10.0. The van der Waals surface area contributed by atoms with E-state index in [1.807, 2.05) is 4.68 Å². The Balaban J connectivity index is 2.49. The van der Waals surface area contributed by atoms with Crippen LogP contribution in [0.3, 0.4) is 0 Å². The lowest BCUT2D eigenvalue weighted by molar-refractivity contribution is 0.525. The molecule has 0 radical (unpaired) electrons. The molecule has 1 unspecified atom stereocenters. The monoisotopic (exact) mass is 343 g/mol. The van der Waals surface area contributed by atoms with Crippen LogP contribution in [0.25, 0.3) is 0 Å². The molecule has 1 N–H and O–H groups in total. The molecule has 2 aromatic rings. The normalized spacial score (nSPS) is 12.7. The molecule has 0 aliphatic rings. The molecule has 3 nitrogen and oxygen atoms in total. The van der Waals surface area contributed by atoms with Crippen molar-refractivity contribution in [3.05, 3.63) is 51.8 Å². The minimum atomic E-state index is -0.585. The highest BCUT2D eigenvalue weighted by Gasteiger charge is 2.21. The molecule has 0 fully saturated rings. The minimum absolute atomic E-state index is 0.330. The van der Waals surface area contributed by atoms with Gasteiger partial charge in [-0.05, 0) is 47.1 Å². The summed E-state index contributed by atoms with van der Waals surface area (Å²) < 4.78 is 29.5. The minimum Gasteiger partial charge on any atom is -0.308 e. The molecule has 1 atom stereocenters. The molecule has 2 rings (SSSR count). The third-order valence-corrected chi connectivity index (χ3v) is 3.66. The summed E-state index contributed by atoms with van der Waals surface area (Å²) in [5.74, 6) is -1.17. The van der Waals surface area contributed by atoms with Gasteiger partial charge in [0.1, 0.15) is 11.6 Å². The van der Waals surface area contributed by atoms with Gasteiger partial charge in [-0.15, -0.1) is 0 Å². The quantitative estimate of drug-likeness (QED) is 0.898. The number of rotatable bonds is 5. The first kappa shape index (κ1) is 15.1. The lowest BCUT2D eigenvalue weighted by Crippen LogP contribution is -2.22. The first-order chi connectivity index (χ1) is 9.56. The first-order valence-corrected chi connectivity index (χ1v) is 7.20. The van der Waals surface area contributed by atoms with E-state index in [1.165, 1.54) is 12.1 Å². The van der Waals surface area contributed by atoms with Crippen LogP contribution in [0.15, 0.2) is 28.9 Å². The third-order valence-electron chi connectivity index (χ3n) is 3.05. The molecular formula is C14H16BrF2N3. The van der Waals surface area contributed by atoms with E-state index in [0.717, 1.165) is 29.2 Å². The Labute approximate surface area is 125 Å². The number of benzene rings is 1. The van der Waals surface area contributed by atoms with E-state index in [-0.39, 0.29) is 6.04 Å². The van der Waals surface area contributed by atoms with Gasteiger partial charge in [-0.1, -0.05) is 6.92 Å². The molecule has 1 aromatic carbocycles. The smallest absolute Gasteiger partial charge is 0.126 e. The maximum Gasteiger partial charge on any atom is 0.126 e. The summed E-state index contributed by atoms with van der Waals surface area (Å²) in [5, 5.41) is 7.38. The summed E-state index contributed by atoms with van der Waals surface area (Å²) in [7, 11) is 1.75. The van der Waals surface area contributed by atoms with E-state index in [1.54, 1.807) is 13.2 Å². The van der Waals surface area contributed by atoms with Gasteiger partial charge in [0.25, 0.3) is 0 Å². The summed E-state index contributed by atoms with van der Waals surface area (Å²) >= 11 is 3.45. The molecule has 0 aliphatic heterocycles. The molecule has 0 aliphatic carbocycles. The molecule has 108 valence electrons. The number of aryl methyl sites for hydroxylation is 1. The number of nitrogens with one attached hydrogen (secondary N) is 1. The van der Waals surface area contributed by atoms with Gasteiger partial charge in [0.05, 0.1) is 22.4 Å². The third kappa shape index (κ3) is 3.07. The summed E-state index contributed by atoms with van der Waals surface area (Å²) in [6.07, 6.45) is 2.63. The van der Waals surface area contributed by atoms with E-state index >= 15 is 0 Å². The first-order valence-electron chi connectivity index (χ1n) is 6.41. The van der Waals surface area contributed by atoms with Crippen molar-refractivity contribution in [3.63, 3.8) is 0 Å². The van der Waals surface area contributed by atoms with Crippen molar-refractivity contribution in [2.75, 3.05) is 7.05 Å². The van der Waals surface area contributed by atoms with Crippen molar-refractivity contribution in [1.82, 2.24) is 15.1 Å². The topological polar surface area (TPSA) is 29.9 Å². The van der Waals surface area contributed by atoms with Crippen LogP contribution in [-0.4, -0.2) is 16.8 Å². The van der Waals surface area contributed by atoms with Gasteiger partial charge < -0.3 is 5.32 Å². The Bertz CT molecular complexity index is 578. The predicted molar refractivity (Wildman–Crippen MR) is 77.5 cm³/mol.